The number of benzene rings is 1. The molecule has 1 unspecified atom stereocenters. The third-order valence-electron chi connectivity index (χ3n) is 1.39. The monoisotopic (exact) mass is 286 g/mol. The lowest BCUT2D eigenvalue weighted by atomic mass is 10.1. The van der Waals surface area contributed by atoms with Crippen LogP contribution in [0.15, 0.2) is 30.3 Å². The first-order valence-corrected chi connectivity index (χ1v) is 5.08. The molecule has 61 valence electrons. The van der Waals surface area contributed by atoms with E-state index in [1.54, 1.807) is 0 Å². The third-order valence-corrected chi connectivity index (χ3v) is 3.58. The van der Waals surface area contributed by atoms with Gasteiger partial charge in [0.1, 0.15) is 4.83 Å². The van der Waals surface area contributed by atoms with E-state index in [4.69, 9.17) is 5.26 Å². The second kappa shape index (κ2) is 4.64. The lowest BCUT2D eigenvalue weighted by Gasteiger charge is -2.08. The van der Waals surface area contributed by atoms with Crippen LogP contribution in [0.1, 0.15) is 5.56 Å². The number of hydrogen-bond donors (Lipinski definition) is 0. The summed E-state index contributed by atoms with van der Waals surface area (Å²) in [5, 5.41) is 8.62. The molecule has 0 N–H and O–H groups in total. The number of halogens is 2. The molecule has 0 saturated heterocycles. The predicted octanol–water partition coefficient (Wildman–Crippen LogP) is 3.25. The average molecular weight is 288 g/mol. The molecule has 0 bridgehead atoms. The number of alkyl halides is 1. The van der Waals surface area contributed by atoms with Crippen molar-refractivity contribution < 1.29 is 0 Å². The summed E-state index contributed by atoms with van der Waals surface area (Å²) >= 11 is 6.59. The van der Waals surface area contributed by atoms with E-state index in [1.807, 2.05) is 30.3 Å². The standard InChI is InChI=1S/C9H6Br2N/c10-8(6-12)9(11)7-4-2-1-3-5-7/h1-5,8H. The van der Waals surface area contributed by atoms with Gasteiger partial charge in [-0.05, 0) is 5.56 Å². The first-order chi connectivity index (χ1) is 5.75. The van der Waals surface area contributed by atoms with Crippen LogP contribution in [-0.4, -0.2) is 4.83 Å². The first-order valence-electron chi connectivity index (χ1n) is 3.37. The maximum Gasteiger partial charge on any atom is 0.122 e. The van der Waals surface area contributed by atoms with Crippen LogP contribution in [0.3, 0.4) is 0 Å². The zero-order valence-corrected chi connectivity index (χ0v) is 9.34. The first kappa shape index (κ1) is 9.76. The van der Waals surface area contributed by atoms with E-state index in [2.05, 4.69) is 37.9 Å². The minimum Gasteiger partial charge on any atom is -0.197 e. The van der Waals surface area contributed by atoms with Gasteiger partial charge in [-0.2, -0.15) is 5.26 Å². The highest BCUT2D eigenvalue weighted by Crippen LogP contribution is 2.29. The summed E-state index contributed by atoms with van der Waals surface area (Å²) in [6.07, 6.45) is 0. The topological polar surface area (TPSA) is 23.8 Å². The van der Waals surface area contributed by atoms with Crippen LogP contribution >= 0.6 is 31.9 Å². The highest BCUT2D eigenvalue weighted by molar-refractivity contribution is 9.13. The summed E-state index contributed by atoms with van der Waals surface area (Å²) in [6.45, 7) is 0. The zero-order valence-electron chi connectivity index (χ0n) is 6.17. The number of nitrogens with zero attached hydrogens (tertiary/aromatic N) is 1. The second-order valence-corrected chi connectivity index (χ2v) is 3.98. The van der Waals surface area contributed by atoms with Crippen molar-refractivity contribution in [1.29, 1.82) is 5.26 Å². The van der Waals surface area contributed by atoms with Crippen molar-refractivity contribution in [2.45, 2.75) is 4.83 Å². The minimum atomic E-state index is -0.264. The molecule has 0 fully saturated rings. The fraction of sp³-hybridized carbons (Fsp3) is 0.111. The number of hydrogen-bond acceptors (Lipinski definition) is 1. The molecule has 0 saturated carbocycles. The molecule has 0 aliphatic rings. The van der Waals surface area contributed by atoms with Crippen LogP contribution in [0.4, 0.5) is 0 Å². The van der Waals surface area contributed by atoms with Gasteiger partial charge in [0.15, 0.2) is 0 Å². The molecule has 0 amide bonds. The molecule has 1 aromatic rings. The van der Waals surface area contributed by atoms with Crippen LogP contribution in [0.2, 0.25) is 0 Å². The Hall–Kier alpha value is -0.330. The van der Waals surface area contributed by atoms with Crippen molar-refractivity contribution in [1.82, 2.24) is 0 Å². The summed E-state index contributed by atoms with van der Waals surface area (Å²) in [5.74, 6) is 0. The van der Waals surface area contributed by atoms with E-state index in [1.165, 1.54) is 0 Å². The molecule has 1 rings (SSSR count). The van der Waals surface area contributed by atoms with Crippen LogP contribution in [-0.2, 0) is 0 Å². The van der Waals surface area contributed by atoms with Crippen molar-refractivity contribution in [2.24, 2.45) is 0 Å². The minimum absolute atomic E-state index is 0.264. The zero-order chi connectivity index (χ0) is 8.97. The summed E-state index contributed by atoms with van der Waals surface area (Å²) in [7, 11) is 0. The number of rotatable bonds is 2. The molecule has 0 heterocycles. The maximum atomic E-state index is 8.62. The molecule has 0 aliphatic carbocycles. The van der Waals surface area contributed by atoms with Gasteiger partial charge in [-0.3, -0.25) is 0 Å². The smallest absolute Gasteiger partial charge is 0.122 e. The molecular weight excluding hydrogens is 282 g/mol. The third kappa shape index (κ3) is 2.33. The Labute approximate surface area is 88.7 Å². The fourth-order valence-electron chi connectivity index (χ4n) is 0.800. The van der Waals surface area contributed by atoms with E-state index in [-0.39, 0.29) is 4.83 Å². The van der Waals surface area contributed by atoms with Crippen molar-refractivity contribution in [3.05, 3.63) is 40.7 Å². The average Bonchev–Trinajstić information content (AvgIpc) is 2.17. The summed E-state index contributed by atoms with van der Waals surface area (Å²) < 4.78 is 0. The number of nitriles is 1. The molecular formula is C9H6Br2N. The maximum absolute atomic E-state index is 8.62. The Morgan fingerprint density at radius 2 is 1.92 bits per heavy atom. The summed E-state index contributed by atoms with van der Waals surface area (Å²) in [4.78, 5) is 0.602. The van der Waals surface area contributed by atoms with Crippen LogP contribution < -0.4 is 0 Å². The van der Waals surface area contributed by atoms with Gasteiger partial charge in [0.25, 0.3) is 0 Å². The van der Waals surface area contributed by atoms with Gasteiger partial charge in [0, 0.05) is 0 Å². The largest absolute Gasteiger partial charge is 0.197 e. The quantitative estimate of drug-likeness (QED) is 0.766. The molecule has 0 aliphatic heterocycles. The van der Waals surface area contributed by atoms with Gasteiger partial charge in [0.05, 0.1) is 10.9 Å². The molecule has 1 atom stereocenters. The lowest BCUT2D eigenvalue weighted by Crippen LogP contribution is -2.03. The Bertz CT molecular complexity index is 278. The Morgan fingerprint density at radius 1 is 1.33 bits per heavy atom. The van der Waals surface area contributed by atoms with Gasteiger partial charge in [-0.15, -0.1) is 0 Å². The van der Waals surface area contributed by atoms with E-state index < -0.39 is 0 Å². The molecule has 1 radical (unpaired) electrons. The van der Waals surface area contributed by atoms with Crippen molar-refractivity contribution in [3.63, 3.8) is 0 Å². The molecule has 0 aromatic heterocycles. The fourth-order valence-corrected chi connectivity index (χ4v) is 1.43. The Kier molecular flexibility index (Phi) is 3.77. The predicted molar refractivity (Wildman–Crippen MR) is 56.0 cm³/mol. The van der Waals surface area contributed by atoms with Crippen molar-refractivity contribution >= 4 is 31.9 Å². The Balaban J connectivity index is 2.80. The van der Waals surface area contributed by atoms with Gasteiger partial charge < -0.3 is 0 Å². The van der Waals surface area contributed by atoms with Gasteiger partial charge in [-0.1, -0.05) is 62.2 Å². The van der Waals surface area contributed by atoms with Gasteiger partial charge in [-0.25, -0.2) is 0 Å². The highest BCUT2D eigenvalue weighted by atomic mass is 79.9. The molecule has 0 spiro atoms. The SMILES string of the molecule is N#CC(Br)[C](Br)c1ccccc1. The molecule has 1 nitrogen and oxygen atoms in total. The molecule has 3 heteroatoms. The highest BCUT2D eigenvalue weighted by Gasteiger charge is 2.17. The van der Waals surface area contributed by atoms with Gasteiger partial charge >= 0.3 is 0 Å². The molecule has 1 aromatic carbocycles. The van der Waals surface area contributed by atoms with E-state index in [0.717, 1.165) is 10.4 Å². The van der Waals surface area contributed by atoms with E-state index in [9.17, 15) is 0 Å². The summed E-state index contributed by atoms with van der Waals surface area (Å²) in [5.41, 5.74) is 1.03. The van der Waals surface area contributed by atoms with Crippen LogP contribution in [0.25, 0.3) is 0 Å². The van der Waals surface area contributed by atoms with Crippen molar-refractivity contribution in [2.75, 3.05) is 0 Å². The second-order valence-electron chi connectivity index (χ2n) is 2.21. The lowest BCUT2D eigenvalue weighted by molar-refractivity contribution is 1.24. The Morgan fingerprint density at radius 3 is 2.42 bits per heavy atom. The normalized spacial score (nSPS) is 12.5. The van der Waals surface area contributed by atoms with Crippen molar-refractivity contribution in [3.8, 4) is 6.07 Å². The van der Waals surface area contributed by atoms with Crippen LogP contribution in [0, 0.1) is 16.2 Å². The van der Waals surface area contributed by atoms with Gasteiger partial charge in [0.2, 0.25) is 0 Å². The van der Waals surface area contributed by atoms with E-state index >= 15 is 0 Å². The molecule has 12 heavy (non-hydrogen) atoms. The van der Waals surface area contributed by atoms with Crippen LogP contribution in [0.5, 0.6) is 0 Å². The van der Waals surface area contributed by atoms with E-state index in [0.29, 0.717) is 0 Å². The summed E-state index contributed by atoms with van der Waals surface area (Å²) in [6, 6.07) is 11.8.